The lowest BCUT2D eigenvalue weighted by Gasteiger charge is -2.28. The van der Waals surface area contributed by atoms with Crippen molar-refractivity contribution in [3.05, 3.63) is 76.0 Å². The van der Waals surface area contributed by atoms with Crippen LogP contribution in [0.1, 0.15) is 19.3 Å². The van der Waals surface area contributed by atoms with Crippen LogP contribution in [0.5, 0.6) is 0 Å². The van der Waals surface area contributed by atoms with Gasteiger partial charge >= 0.3 is 0 Å². The first kappa shape index (κ1) is 20.2. The summed E-state index contributed by atoms with van der Waals surface area (Å²) >= 11 is 5.94. The smallest absolute Gasteiger partial charge is 0.267 e. The van der Waals surface area contributed by atoms with Crippen molar-refractivity contribution < 1.29 is 4.79 Å². The number of anilines is 2. The van der Waals surface area contributed by atoms with Crippen LogP contribution in [0.4, 0.5) is 11.4 Å². The van der Waals surface area contributed by atoms with Crippen molar-refractivity contribution in [3.8, 4) is 11.3 Å². The summed E-state index contributed by atoms with van der Waals surface area (Å²) in [5, 5.41) is 7.65. The topological polar surface area (TPSA) is 67.2 Å². The Labute approximate surface area is 180 Å². The van der Waals surface area contributed by atoms with Gasteiger partial charge in [0.15, 0.2) is 0 Å². The first-order chi connectivity index (χ1) is 14.6. The van der Waals surface area contributed by atoms with E-state index in [-0.39, 0.29) is 18.0 Å². The average Bonchev–Trinajstić information content (AvgIpc) is 2.76. The number of nitrogens with one attached hydrogen (secondary N) is 1. The van der Waals surface area contributed by atoms with Crippen LogP contribution in [0.2, 0.25) is 5.02 Å². The molecular formula is C23H23ClN4O2. The Bertz CT molecular complexity index is 1090. The van der Waals surface area contributed by atoms with Gasteiger partial charge in [-0.2, -0.15) is 5.10 Å². The quantitative estimate of drug-likeness (QED) is 0.669. The lowest BCUT2D eigenvalue weighted by atomic mass is 10.1. The normalized spacial score (nSPS) is 13.8. The summed E-state index contributed by atoms with van der Waals surface area (Å²) in [6, 6.07) is 18.2. The lowest BCUT2D eigenvalue weighted by Crippen LogP contribution is -2.29. The van der Waals surface area contributed by atoms with Crippen LogP contribution >= 0.6 is 11.6 Å². The minimum atomic E-state index is -0.343. The molecule has 1 amide bonds. The molecule has 0 spiro atoms. The molecule has 30 heavy (non-hydrogen) atoms. The molecule has 154 valence electrons. The first-order valence-corrected chi connectivity index (χ1v) is 10.5. The van der Waals surface area contributed by atoms with Crippen LogP contribution in [0, 0.1) is 0 Å². The molecule has 1 N–H and O–H groups in total. The fourth-order valence-corrected chi connectivity index (χ4v) is 3.80. The standard InChI is InChI=1S/C23H23ClN4O2/c24-18-5-4-6-19(15-18)25-22(29)16-28-23(30)12-11-21(26-28)17-7-9-20(10-8-17)27-13-2-1-3-14-27/h4-12,15H,1-3,13-14,16H2,(H,25,29). The fraction of sp³-hybridized carbons (Fsp3) is 0.261. The molecule has 1 aliphatic rings. The van der Waals surface area contributed by atoms with E-state index in [4.69, 9.17) is 11.6 Å². The minimum Gasteiger partial charge on any atom is -0.372 e. The van der Waals surface area contributed by atoms with Gasteiger partial charge in [0.05, 0.1) is 5.69 Å². The van der Waals surface area contributed by atoms with Crippen molar-refractivity contribution in [2.75, 3.05) is 23.3 Å². The average molecular weight is 423 g/mol. The fourth-order valence-electron chi connectivity index (χ4n) is 3.61. The van der Waals surface area contributed by atoms with Crippen LogP contribution in [0.25, 0.3) is 11.3 Å². The number of aromatic nitrogens is 2. The second kappa shape index (κ2) is 9.13. The maximum atomic E-state index is 12.4. The second-order valence-corrected chi connectivity index (χ2v) is 7.80. The highest BCUT2D eigenvalue weighted by Gasteiger charge is 2.12. The van der Waals surface area contributed by atoms with Crippen molar-refractivity contribution in [3.63, 3.8) is 0 Å². The third-order valence-electron chi connectivity index (χ3n) is 5.15. The molecule has 0 bridgehead atoms. The highest BCUT2D eigenvalue weighted by molar-refractivity contribution is 6.30. The monoisotopic (exact) mass is 422 g/mol. The van der Waals surface area contributed by atoms with E-state index in [9.17, 15) is 9.59 Å². The van der Waals surface area contributed by atoms with Gasteiger partial charge in [0.1, 0.15) is 6.54 Å². The molecule has 0 unspecified atom stereocenters. The third kappa shape index (κ3) is 4.89. The van der Waals surface area contributed by atoms with E-state index >= 15 is 0 Å². The van der Waals surface area contributed by atoms with Crippen molar-refractivity contribution in [1.29, 1.82) is 0 Å². The predicted octanol–water partition coefficient (Wildman–Crippen LogP) is 4.19. The van der Waals surface area contributed by atoms with Gasteiger partial charge in [-0.1, -0.05) is 29.8 Å². The molecule has 2 heterocycles. The van der Waals surface area contributed by atoms with Gasteiger partial charge in [-0.15, -0.1) is 0 Å². The molecule has 1 aliphatic heterocycles. The van der Waals surface area contributed by atoms with Gasteiger partial charge in [0, 0.05) is 41.1 Å². The van der Waals surface area contributed by atoms with E-state index < -0.39 is 0 Å². The zero-order valence-corrected chi connectivity index (χ0v) is 17.3. The Morgan fingerprint density at radius 2 is 1.77 bits per heavy atom. The summed E-state index contributed by atoms with van der Waals surface area (Å²) in [4.78, 5) is 26.9. The first-order valence-electron chi connectivity index (χ1n) is 10.1. The number of piperidine rings is 1. The molecule has 1 fully saturated rings. The highest BCUT2D eigenvalue weighted by Crippen LogP contribution is 2.23. The lowest BCUT2D eigenvalue weighted by molar-refractivity contribution is -0.117. The molecule has 2 aromatic carbocycles. The van der Waals surface area contributed by atoms with Crippen molar-refractivity contribution >= 4 is 28.9 Å². The Balaban J connectivity index is 1.48. The number of benzene rings is 2. The molecule has 0 radical (unpaired) electrons. The van der Waals surface area contributed by atoms with Gasteiger partial charge in [0.2, 0.25) is 5.91 Å². The van der Waals surface area contributed by atoms with Gasteiger partial charge < -0.3 is 10.2 Å². The molecule has 0 saturated carbocycles. The summed E-state index contributed by atoms with van der Waals surface area (Å²) in [7, 11) is 0. The molecule has 6 nitrogen and oxygen atoms in total. The van der Waals surface area contributed by atoms with Gasteiger partial charge in [-0.05, 0) is 55.7 Å². The summed E-state index contributed by atoms with van der Waals surface area (Å²) in [5.74, 6) is -0.343. The third-order valence-corrected chi connectivity index (χ3v) is 5.39. The number of amides is 1. The van der Waals surface area contributed by atoms with E-state index in [1.165, 1.54) is 35.7 Å². The molecular weight excluding hydrogens is 400 g/mol. The van der Waals surface area contributed by atoms with Crippen LogP contribution < -0.4 is 15.8 Å². The Morgan fingerprint density at radius 1 is 1.00 bits per heavy atom. The highest BCUT2D eigenvalue weighted by atomic mass is 35.5. The van der Waals surface area contributed by atoms with Crippen molar-refractivity contribution in [2.24, 2.45) is 0 Å². The molecule has 0 aliphatic carbocycles. The predicted molar refractivity (Wildman–Crippen MR) is 120 cm³/mol. The number of halogens is 1. The van der Waals surface area contributed by atoms with E-state index in [0.717, 1.165) is 18.7 Å². The van der Waals surface area contributed by atoms with Crippen molar-refractivity contribution in [2.45, 2.75) is 25.8 Å². The van der Waals surface area contributed by atoms with E-state index in [1.807, 2.05) is 12.1 Å². The molecule has 1 aromatic heterocycles. The number of carbonyl (C=O) groups excluding carboxylic acids is 1. The number of hydrogen-bond acceptors (Lipinski definition) is 4. The number of rotatable bonds is 5. The van der Waals surface area contributed by atoms with E-state index in [1.54, 1.807) is 30.3 Å². The number of carbonyl (C=O) groups is 1. The van der Waals surface area contributed by atoms with Gasteiger partial charge in [0.25, 0.3) is 5.56 Å². The van der Waals surface area contributed by atoms with Crippen LogP contribution in [-0.2, 0) is 11.3 Å². The van der Waals surface area contributed by atoms with Crippen LogP contribution in [0.15, 0.2) is 65.5 Å². The minimum absolute atomic E-state index is 0.176. The Kier molecular flexibility index (Phi) is 6.14. The SMILES string of the molecule is O=C(Cn1nc(-c2ccc(N3CCCCC3)cc2)ccc1=O)Nc1cccc(Cl)c1. The Morgan fingerprint density at radius 3 is 2.50 bits per heavy atom. The summed E-state index contributed by atoms with van der Waals surface area (Å²) in [6.07, 6.45) is 3.75. The molecule has 3 aromatic rings. The van der Waals surface area contributed by atoms with Crippen LogP contribution in [-0.4, -0.2) is 28.8 Å². The van der Waals surface area contributed by atoms with E-state index in [0.29, 0.717) is 16.4 Å². The van der Waals surface area contributed by atoms with Crippen molar-refractivity contribution in [1.82, 2.24) is 9.78 Å². The maximum absolute atomic E-state index is 12.4. The number of nitrogens with zero attached hydrogens (tertiary/aromatic N) is 3. The molecule has 1 saturated heterocycles. The van der Waals surface area contributed by atoms with Gasteiger partial charge in [-0.3, -0.25) is 9.59 Å². The molecule has 0 atom stereocenters. The Hall–Kier alpha value is -3.12. The van der Waals surface area contributed by atoms with Gasteiger partial charge in [-0.25, -0.2) is 4.68 Å². The van der Waals surface area contributed by atoms with Crippen LogP contribution in [0.3, 0.4) is 0 Å². The maximum Gasteiger partial charge on any atom is 0.267 e. The summed E-state index contributed by atoms with van der Waals surface area (Å²) < 4.78 is 1.17. The largest absolute Gasteiger partial charge is 0.372 e. The second-order valence-electron chi connectivity index (χ2n) is 7.37. The zero-order chi connectivity index (χ0) is 20.9. The summed E-state index contributed by atoms with van der Waals surface area (Å²) in [5.41, 5.74) is 3.00. The van der Waals surface area contributed by atoms with E-state index in [2.05, 4.69) is 27.4 Å². The zero-order valence-electron chi connectivity index (χ0n) is 16.6. The molecule has 7 heteroatoms. The molecule has 4 rings (SSSR count). The number of hydrogen-bond donors (Lipinski definition) is 1. The summed E-state index contributed by atoms with van der Waals surface area (Å²) in [6.45, 7) is 2.00.